The van der Waals surface area contributed by atoms with Crippen molar-refractivity contribution in [2.45, 2.75) is 18.7 Å². The van der Waals surface area contributed by atoms with E-state index in [1.165, 1.54) is 20.2 Å². The maximum atomic E-state index is 13.5. The second-order valence-electron chi connectivity index (χ2n) is 6.02. The molecule has 1 amide bonds. The summed E-state index contributed by atoms with van der Waals surface area (Å²) in [6.07, 6.45) is 0. The third-order valence-electron chi connectivity index (χ3n) is 3.94. The standard InChI is InChI=1S/C18H20BrFN2O4S/c1-11-7-13(19)8-12(2)18(11)21-17(23)10-22(3)27(24,25)16-9-14(20)5-6-15(16)26-4/h5-9H,10H2,1-4H3,(H,21,23). The molecule has 0 spiro atoms. The number of carbonyl (C=O) groups excluding carboxylic acids is 1. The smallest absolute Gasteiger partial charge is 0.247 e. The summed E-state index contributed by atoms with van der Waals surface area (Å²) < 4.78 is 45.7. The predicted octanol–water partition coefficient (Wildman–Crippen LogP) is 3.47. The number of sulfonamides is 1. The van der Waals surface area contributed by atoms with Crippen LogP contribution in [0.2, 0.25) is 0 Å². The van der Waals surface area contributed by atoms with Gasteiger partial charge in [-0.1, -0.05) is 15.9 Å². The summed E-state index contributed by atoms with van der Waals surface area (Å²) in [7, 11) is -1.58. The first-order valence-electron chi connectivity index (χ1n) is 7.92. The molecule has 2 aromatic rings. The van der Waals surface area contributed by atoms with Crippen LogP contribution < -0.4 is 10.1 Å². The third kappa shape index (κ3) is 4.85. The molecular formula is C18H20BrFN2O4S. The lowest BCUT2D eigenvalue weighted by Gasteiger charge is -2.19. The molecule has 0 aromatic heterocycles. The van der Waals surface area contributed by atoms with Gasteiger partial charge in [0, 0.05) is 17.2 Å². The van der Waals surface area contributed by atoms with Gasteiger partial charge in [-0.25, -0.2) is 12.8 Å². The molecule has 1 N–H and O–H groups in total. The molecule has 0 aliphatic heterocycles. The van der Waals surface area contributed by atoms with E-state index in [2.05, 4.69) is 21.2 Å². The average Bonchev–Trinajstić information content (AvgIpc) is 2.57. The Hall–Kier alpha value is -1.97. The lowest BCUT2D eigenvalue weighted by atomic mass is 10.1. The first-order valence-corrected chi connectivity index (χ1v) is 10.2. The van der Waals surface area contributed by atoms with Crippen molar-refractivity contribution in [1.29, 1.82) is 0 Å². The number of halogens is 2. The molecule has 27 heavy (non-hydrogen) atoms. The fourth-order valence-electron chi connectivity index (χ4n) is 2.59. The van der Waals surface area contributed by atoms with Crippen molar-refractivity contribution in [3.05, 3.63) is 51.7 Å². The number of benzene rings is 2. The van der Waals surface area contributed by atoms with E-state index in [1.54, 1.807) is 0 Å². The Bertz CT molecular complexity index is 956. The minimum Gasteiger partial charge on any atom is -0.495 e. The first kappa shape index (κ1) is 21.3. The monoisotopic (exact) mass is 458 g/mol. The highest BCUT2D eigenvalue weighted by molar-refractivity contribution is 9.10. The van der Waals surface area contributed by atoms with Crippen molar-refractivity contribution in [3.8, 4) is 5.75 Å². The van der Waals surface area contributed by atoms with Gasteiger partial charge in [0.2, 0.25) is 15.9 Å². The lowest BCUT2D eigenvalue weighted by molar-refractivity contribution is -0.116. The summed E-state index contributed by atoms with van der Waals surface area (Å²) in [5, 5.41) is 2.73. The van der Waals surface area contributed by atoms with Crippen molar-refractivity contribution in [3.63, 3.8) is 0 Å². The van der Waals surface area contributed by atoms with Gasteiger partial charge in [0.15, 0.2) is 0 Å². The van der Waals surface area contributed by atoms with Gasteiger partial charge in [-0.15, -0.1) is 0 Å². The molecule has 0 unspecified atom stereocenters. The number of amides is 1. The van der Waals surface area contributed by atoms with Crippen LogP contribution in [-0.4, -0.2) is 39.3 Å². The van der Waals surface area contributed by atoms with Gasteiger partial charge < -0.3 is 10.1 Å². The van der Waals surface area contributed by atoms with Crippen LogP contribution in [0.25, 0.3) is 0 Å². The molecule has 2 rings (SSSR count). The van der Waals surface area contributed by atoms with Crippen molar-refractivity contribution in [2.24, 2.45) is 0 Å². The van der Waals surface area contributed by atoms with Gasteiger partial charge >= 0.3 is 0 Å². The molecule has 0 fully saturated rings. The summed E-state index contributed by atoms with van der Waals surface area (Å²) in [4.78, 5) is 12.0. The Morgan fingerprint density at radius 3 is 2.37 bits per heavy atom. The van der Waals surface area contributed by atoms with Gasteiger partial charge in [0.25, 0.3) is 0 Å². The highest BCUT2D eigenvalue weighted by Gasteiger charge is 2.27. The van der Waals surface area contributed by atoms with E-state index in [9.17, 15) is 17.6 Å². The fourth-order valence-corrected chi connectivity index (χ4v) is 4.57. The number of hydrogen-bond donors (Lipinski definition) is 1. The van der Waals surface area contributed by atoms with Crippen molar-refractivity contribution >= 4 is 37.5 Å². The Morgan fingerprint density at radius 1 is 1.22 bits per heavy atom. The van der Waals surface area contributed by atoms with Gasteiger partial charge in [-0.05, 0) is 55.3 Å². The maximum absolute atomic E-state index is 13.5. The Balaban J connectivity index is 2.23. The molecule has 0 radical (unpaired) electrons. The number of rotatable bonds is 6. The van der Waals surface area contributed by atoms with Crippen LogP contribution in [0.3, 0.4) is 0 Å². The highest BCUT2D eigenvalue weighted by atomic mass is 79.9. The molecule has 0 saturated heterocycles. The predicted molar refractivity (Wildman–Crippen MR) is 105 cm³/mol. The molecule has 2 aromatic carbocycles. The lowest BCUT2D eigenvalue weighted by Crippen LogP contribution is -2.35. The van der Waals surface area contributed by atoms with E-state index >= 15 is 0 Å². The van der Waals surface area contributed by atoms with Crippen molar-refractivity contribution in [2.75, 3.05) is 26.0 Å². The molecule has 9 heteroatoms. The van der Waals surface area contributed by atoms with Gasteiger partial charge in [-0.3, -0.25) is 4.79 Å². The van der Waals surface area contributed by atoms with E-state index in [1.807, 2.05) is 26.0 Å². The quantitative estimate of drug-likeness (QED) is 0.718. The molecule has 0 atom stereocenters. The number of aryl methyl sites for hydroxylation is 2. The SMILES string of the molecule is COc1ccc(F)cc1S(=O)(=O)N(C)CC(=O)Nc1c(C)cc(Br)cc1C. The number of carbonyl (C=O) groups is 1. The second-order valence-corrected chi connectivity index (χ2v) is 8.95. The fraction of sp³-hybridized carbons (Fsp3) is 0.278. The van der Waals surface area contributed by atoms with Crippen molar-refractivity contribution in [1.82, 2.24) is 4.31 Å². The molecule has 0 aliphatic rings. The minimum absolute atomic E-state index is 0.00302. The summed E-state index contributed by atoms with van der Waals surface area (Å²) >= 11 is 3.38. The number of ether oxygens (including phenoxy) is 1. The second kappa shape index (κ2) is 8.37. The Morgan fingerprint density at radius 2 is 1.81 bits per heavy atom. The van der Waals surface area contributed by atoms with E-state index < -0.39 is 28.3 Å². The van der Waals surface area contributed by atoms with Crippen LogP contribution in [0.15, 0.2) is 39.7 Å². The van der Waals surface area contributed by atoms with Crippen LogP contribution >= 0.6 is 15.9 Å². The van der Waals surface area contributed by atoms with E-state index in [-0.39, 0.29) is 10.6 Å². The molecule has 0 heterocycles. The Kier molecular flexibility index (Phi) is 6.61. The first-order chi connectivity index (χ1) is 12.6. The van der Waals surface area contributed by atoms with Crippen LogP contribution in [0.4, 0.5) is 10.1 Å². The van der Waals surface area contributed by atoms with E-state index in [0.717, 1.165) is 32.0 Å². The van der Waals surface area contributed by atoms with Gasteiger partial charge in [-0.2, -0.15) is 4.31 Å². The Labute approximate surface area is 166 Å². The number of likely N-dealkylation sites (N-methyl/N-ethyl adjacent to an activating group) is 1. The van der Waals surface area contributed by atoms with Crippen molar-refractivity contribution < 1.29 is 22.3 Å². The van der Waals surface area contributed by atoms with Crippen LogP contribution in [0.1, 0.15) is 11.1 Å². The molecular weight excluding hydrogens is 439 g/mol. The molecule has 6 nitrogen and oxygen atoms in total. The molecule has 0 saturated carbocycles. The van der Waals surface area contributed by atoms with Crippen LogP contribution in [-0.2, 0) is 14.8 Å². The number of hydrogen-bond acceptors (Lipinski definition) is 4. The van der Waals surface area contributed by atoms with E-state index in [4.69, 9.17) is 4.74 Å². The van der Waals surface area contributed by atoms with Gasteiger partial charge in [0.05, 0.1) is 13.7 Å². The zero-order chi connectivity index (χ0) is 20.4. The zero-order valence-corrected chi connectivity index (χ0v) is 17.7. The molecule has 0 bridgehead atoms. The normalized spacial score (nSPS) is 11.5. The topological polar surface area (TPSA) is 75.7 Å². The molecule has 0 aliphatic carbocycles. The third-order valence-corrected chi connectivity index (χ3v) is 6.22. The van der Waals surface area contributed by atoms with Gasteiger partial charge in [0.1, 0.15) is 16.5 Å². The highest BCUT2D eigenvalue weighted by Crippen LogP contribution is 2.28. The van der Waals surface area contributed by atoms with Crippen LogP contribution in [0, 0.1) is 19.7 Å². The summed E-state index contributed by atoms with van der Waals surface area (Å²) in [6.45, 7) is 3.24. The summed E-state index contributed by atoms with van der Waals surface area (Å²) in [5.41, 5.74) is 2.30. The number of anilines is 1. The zero-order valence-electron chi connectivity index (χ0n) is 15.3. The van der Waals surface area contributed by atoms with Crippen LogP contribution in [0.5, 0.6) is 5.75 Å². The largest absolute Gasteiger partial charge is 0.495 e. The number of methoxy groups -OCH3 is 1. The average molecular weight is 459 g/mol. The molecule has 146 valence electrons. The summed E-state index contributed by atoms with van der Waals surface area (Å²) in [5.74, 6) is -1.22. The summed E-state index contributed by atoms with van der Waals surface area (Å²) in [6, 6.07) is 6.89. The van der Waals surface area contributed by atoms with E-state index in [0.29, 0.717) is 5.69 Å². The minimum atomic E-state index is -4.12. The maximum Gasteiger partial charge on any atom is 0.247 e. The number of nitrogens with one attached hydrogen (secondary N) is 1. The number of nitrogens with zero attached hydrogens (tertiary/aromatic N) is 1.